The van der Waals surface area contributed by atoms with Crippen molar-refractivity contribution in [3.63, 3.8) is 0 Å². The van der Waals surface area contributed by atoms with Crippen LogP contribution in [0.15, 0.2) is 24.3 Å². The average Bonchev–Trinajstić information content (AvgIpc) is 2.91. The number of aromatic amines is 1. The SMILES string of the molecule is CC(C)c1nc(-c2ccc(NC(=O)[C@H]3[C@H](C(=O)O)C3(C)C)cc2)n[nH]1. The third-order valence-electron chi connectivity index (χ3n) is 4.84. The van der Waals surface area contributed by atoms with Crippen molar-refractivity contribution >= 4 is 17.6 Å². The van der Waals surface area contributed by atoms with Gasteiger partial charge in [-0.2, -0.15) is 5.10 Å². The summed E-state index contributed by atoms with van der Waals surface area (Å²) in [4.78, 5) is 28.0. The highest BCUT2D eigenvalue weighted by Gasteiger charge is 2.65. The Hall–Kier alpha value is -2.70. The van der Waals surface area contributed by atoms with Gasteiger partial charge in [-0.05, 0) is 29.7 Å². The number of aromatic nitrogens is 3. The fourth-order valence-corrected chi connectivity index (χ4v) is 3.17. The summed E-state index contributed by atoms with van der Waals surface area (Å²) < 4.78 is 0. The van der Waals surface area contributed by atoms with Gasteiger partial charge >= 0.3 is 5.97 Å². The number of nitrogens with zero attached hydrogens (tertiary/aromatic N) is 2. The molecular weight excluding hydrogens is 320 g/mol. The second-order valence-electron chi connectivity index (χ2n) is 7.38. The molecule has 2 aromatic rings. The van der Waals surface area contributed by atoms with Gasteiger partial charge in [0.15, 0.2) is 5.82 Å². The first-order chi connectivity index (χ1) is 11.7. The predicted octanol–water partition coefficient (Wildman–Crippen LogP) is 2.89. The van der Waals surface area contributed by atoms with Crippen LogP contribution in [-0.2, 0) is 9.59 Å². The Kier molecular flexibility index (Phi) is 4.10. The van der Waals surface area contributed by atoms with Crippen molar-refractivity contribution in [1.29, 1.82) is 0 Å². The molecule has 0 bridgehead atoms. The molecule has 1 aliphatic carbocycles. The van der Waals surface area contributed by atoms with E-state index in [1.54, 1.807) is 26.0 Å². The van der Waals surface area contributed by atoms with Gasteiger partial charge in [-0.1, -0.05) is 27.7 Å². The van der Waals surface area contributed by atoms with E-state index >= 15 is 0 Å². The summed E-state index contributed by atoms with van der Waals surface area (Å²) in [6, 6.07) is 7.19. The number of anilines is 1. The third-order valence-corrected chi connectivity index (χ3v) is 4.84. The number of carboxylic acid groups (broad SMARTS) is 1. The lowest BCUT2D eigenvalue weighted by atomic mass is 10.1. The zero-order valence-corrected chi connectivity index (χ0v) is 14.7. The average molecular weight is 342 g/mol. The molecule has 3 rings (SSSR count). The van der Waals surface area contributed by atoms with E-state index in [2.05, 4.69) is 20.5 Å². The van der Waals surface area contributed by atoms with Gasteiger partial charge < -0.3 is 10.4 Å². The molecule has 1 aromatic carbocycles. The normalized spacial score (nSPS) is 21.2. The van der Waals surface area contributed by atoms with Crippen LogP contribution in [0.2, 0.25) is 0 Å². The van der Waals surface area contributed by atoms with E-state index in [0.29, 0.717) is 11.5 Å². The van der Waals surface area contributed by atoms with Crippen molar-refractivity contribution in [2.45, 2.75) is 33.6 Å². The van der Waals surface area contributed by atoms with Gasteiger partial charge in [0.2, 0.25) is 5.91 Å². The lowest BCUT2D eigenvalue weighted by Gasteiger charge is -2.06. The number of carbonyl (C=O) groups is 2. The molecule has 1 saturated carbocycles. The number of carboxylic acids is 1. The first kappa shape index (κ1) is 17.1. The monoisotopic (exact) mass is 342 g/mol. The third kappa shape index (κ3) is 3.14. The second-order valence-corrected chi connectivity index (χ2v) is 7.38. The van der Waals surface area contributed by atoms with Gasteiger partial charge in [0.05, 0.1) is 11.8 Å². The number of amides is 1. The van der Waals surface area contributed by atoms with Gasteiger partial charge in [-0.25, -0.2) is 4.98 Å². The Labute approximate surface area is 145 Å². The molecule has 132 valence electrons. The van der Waals surface area contributed by atoms with Crippen LogP contribution in [0, 0.1) is 17.3 Å². The van der Waals surface area contributed by atoms with E-state index in [0.717, 1.165) is 11.4 Å². The standard InChI is InChI=1S/C18H22N4O3/c1-9(2)14-20-15(22-21-14)10-5-7-11(8-6-10)19-16(23)12-13(17(24)25)18(12,3)4/h5-9,12-13H,1-4H3,(H,19,23)(H,24,25)(H,20,21,22)/t12-,13-/m1/s1. The van der Waals surface area contributed by atoms with Crippen molar-refractivity contribution < 1.29 is 14.7 Å². The van der Waals surface area contributed by atoms with Crippen LogP contribution in [-0.4, -0.2) is 32.2 Å². The number of rotatable bonds is 5. The molecule has 0 spiro atoms. The number of carbonyl (C=O) groups excluding carboxylic acids is 1. The van der Waals surface area contributed by atoms with E-state index in [9.17, 15) is 14.7 Å². The second kappa shape index (κ2) is 5.98. The van der Waals surface area contributed by atoms with Gasteiger partial charge in [-0.15, -0.1) is 0 Å². The van der Waals surface area contributed by atoms with Crippen molar-refractivity contribution in [3.8, 4) is 11.4 Å². The van der Waals surface area contributed by atoms with Gasteiger partial charge in [0, 0.05) is 17.2 Å². The topological polar surface area (TPSA) is 108 Å². The highest BCUT2D eigenvalue weighted by Crippen LogP contribution is 2.58. The molecule has 0 unspecified atom stereocenters. The zero-order valence-electron chi connectivity index (χ0n) is 14.7. The van der Waals surface area contributed by atoms with Crippen LogP contribution in [0.5, 0.6) is 0 Å². The summed E-state index contributed by atoms with van der Waals surface area (Å²) in [6.07, 6.45) is 0. The van der Waals surface area contributed by atoms with Crippen LogP contribution in [0.1, 0.15) is 39.4 Å². The number of H-pyrrole nitrogens is 1. The molecular formula is C18H22N4O3. The molecule has 1 heterocycles. The van der Waals surface area contributed by atoms with Gasteiger partial charge in [0.1, 0.15) is 5.82 Å². The molecule has 0 aliphatic heterocycles. The summed E-state index contributed by atoms with van der Waals surface area (Å²) in [6.45, 7) is 7.67. The van der Waals surface area contributed by atoms with Crippen LogP contribution >= 0.6 is 0 Å². The number of aliphatic carboxylic acids is 1. The Morgan fingerprint density at radius 1 is 1.20 bits per heavy atom. The maximum absolute atomic E-state index is 12.3. The van der Waals surface area contributed by atoms with Crippen molar-refractivity contribution in [3.05, 3.63) is 30.1 Å². The summed E-state index contributed by atoms with van der Waals surface area (Å²) in [5.41, 5.74) is 0.957. The first-order valence-corrected chi connectivity index (χ1v) is 8.28. The molecule has 7 nitrogen and oxygen atoms in total. The van der Waals surface area contributed by atoms with Crippen molar-refractivity contribution in [2.75, 3.05) is 5.32 Å². The van der Waals surface area contributed by atoms with E-state index < -0.39 is 23.2 Å². The molecule has 1 fully saturated rings. The number of hydrogen-bond acceptors (Lipinski definition) is 4. The quantitative estimate of drug-likeness (QED) is 0.774. The molecule has 1 aliphatic rings. The Morgan fingerprint density at radius 3 is 2.32 bits per heavy atom. The van der Waals surface area contributed by atoms with Crippen LogP contribution in [0.3, 0.4) is 0 Å². The van der Waals surface area contributed by atoms with Crippen molar-refractivity contribution in [2.24, 2.45) is 17.3 Å². The fraction of sp³-hybridized carbons (Fsp3) is 0.444. The smallest absolute Gasteiger partial charge is 0.307 e. The zero-order chi connectivity index (χ0) is 18.4. The summed E-state index contributed by atoms with van der Waals surface area (Å²) in [7, 11) is 0. The van der Waals surface area contributed by atoms with Gasteiger partial charge in [-0.3, -0.25) is 14.7 Å². The van der Waals surface area contributed by atoms with Crippen LogP contribution in [0.4, 0.5) is 5.69 Å². The molecule has 1 amide bonds. The predicted molar refractivity (Wildman–Crippen MR) is 92.9 cm³/mol. The Bertz CT molecular complexity index is 808. The lowest BCUT2D eigenvalue weighted by molar-refractivity contribution is -0.140. The molecule has 3 N–H and O–H groups in total. The minimum absolute atomic E-state index is 0.259. The lowest BCUT2D eigenvalue weighted by Crippen LogP contribution is -2.17. The largest absolute Gasteiger partial charge is 0.481 e. The van der Waals surface area contributed by atoms with Crippen molar-refractivity contribution in [1.82, 2.24) is 15.2 Å². The van der Waals surface area contributed by atoms with E-state index in [1.807, 2.05) is 26.0 Å². The molecule has 7 heteroatoms. The minimum atomic E-state index is -0.925. The van der Waals surface area contributed by atoms with E-state index in [-0.39, 0.29) is 11.8 Å². The first-order valence-electron chi connectivity index (χ1n) is 8.28. The number of nitrogens with one attached hydrogen (secondary N) is 2. The summed E-state index contributed by atoms with van der Waals surface area (Å²) >= 11 is 0. The highest BCUT2D eigenvalue weighted by atomic mass is 16.4. The van der Waals surface area contributed by atoms with E-state index in [4.69, 9.17) is 0 Å². The van der Waals surface area contributed by atoms with Crippen LogP contribution in [0.25, 0.3) is 11.4 Å². The van der Waals surface area contributed by atoms with Gasteiger partial charge in [0.25, 0.3) is 0 Å². The van der Waals surface area contributed by atoms with Crippen LogP contribution < -0.4 is 5.32 Å². The maximum Gasteiger partial charge on any atom is 0.307 e. The minimum Gasteiger partial charge on any atom is -0.481 e. The fourth-order valence-electron chi connectivity index (χ4n) is 3.17. The van der Waals surface area contributed by atoms with E-state index in [1.165, 1.54) is 0 Å². The molecule has 25 heavy (non-hydrogen) atoms. The number of hydrogen-bond donors (Lipinski definition) is 3. The summed E-state index contributed by atoms with van der Waals surface area (Å²) in [5.74, 6) is -0.625. The Balaban J connectivity index is 1.69. The molecule has 0 radical (unpaired) electrons. The Morgan fingerprint density at radius 2 is 1.84 bits per heavy atom. The highest BCUT2D eigenvalue weighted by molar-refractivity contribution is 5.99. The molecule has 2 atom stereocenters. The molecule has 0 saturated heterocycles. The summed E-state index contributed by atoms with van der Waals surface area (Å²) in [5, 5.41) is 19.1. The number of benzene rings is 1. The molecule has 1 aromatic heterocycles. The maximum atomic E-state index is 12.3.